The Morgan fingerprint density at radius 3 is 2.18 bits per heavy atom. The van der Waals surface area contributed by atoms with Crippen molar-refractivity contribution in [2.45, 2.75) is 13.8 Å². The summed E-state index contributed by atoms with van der Waals surface area (Å²) in [6.45, 7) is 3.57. The van der Waals surface area contributed by atoms with Crippen LogP contribution < -0.4 is 33.7 Å². The summed E-state index contributed by atoms with van der Waals surface area (Å²) in [5.41, 5.74) is 3.00. The Kier molecular flexibility index (Phi) is 9.38. The molecule has 0 unspecified atom stereocenters. The number of anilines is 1. The predicted octanol–water partition coefficient (Wildman–Crippen LogP) is 5.94. The molecule has 45 heavy (non-hydrogen) atoms. The maximum atomic E-state index is 12.8. The lowest BCUT2D eigenvalue weighted by molar-refractivity contribution is -0.118. The molecular weight excluding hydrogens is 600 g/mol. The molecule has 5 aromatic rings. The summed E-state index contributed by atoms with van der Waals surface area (Å²) in [6.07, 6.45) is 0. The monoisotopic (exact) mass is 632 g/mol. The van der Waals surface area contributed by atoms with Crippen molar-refractivity contribution in [1.82, 2.24) is 14.8 Å². The minimum atomic E-state index is -0.398. The number of rotatable bonds is 12. The van der Waals surface area contributed by atoms with Gasteiger partial charge in [-0.25, -0.2) is 4.98 Å². The first-order valence-corrected chi connectivity index (χ1v) is 14.7. The number of nitrogens with zero attached hydrogens (tertiary/aromatic N) is 3. The molecule has 0 saturated heterocycles. The normalized spacial score (nSPS) is 10.8. The second kappa shape index (κ2) is 13.6. The third-order valence-electron chi connectivity index (χ3n) is 6.70. The Morgan fingerprint density at radius 1 is 0.822 bits per heavy atom. The van der Waals surface area contributed by atoms with Gasteiger partial charge in [-0.2, -0.15) is 9.78 Å². The molecule has 0 bridgehead atoms. The quantitative estimate of drug-likeness (QED) is 0.176. The van der Waals surface area contributed by atoms with Gasteiger partial charge < -0.3 is 28.4 Å². The zero-order chi connectivity index (χ0) is 32.1. The minimum absolute atomic E-state index is 0.300. The number of ether oxygens (including phenoxy) is 6. The Hall–Kier alpha value is -5.30. The molecule has 234 valence electrons. The molecule has 13 heteroatoms. The Bertz CT molecular complexity index is 1840. The third-order valence-corrected chi connectivity index (χ3v) is 7.65. The van der Waals surface area contributed by atoms with Crippen molar-refractivity contribution >= 4 is 38.5 Å². The van der Waals surface area contributed by atoms with E-state index in [0.717, 1.165) is 10.2 Å². The van der Waals surface area contributed by atoms with Crippen LogP contribution in [-0.4, -0.2) is 68.2 Å². The van der Waals surface area contributed by atoms with Crippen LogP contribution in [-0.2, 0) is 4.79 Å². The molecule has 0 aliphatic heterocycles. The first kappa shape index (κ1) is 31.1. The topological polar surface area (TPSA) is 132 Å². The van der Waals surface area contributed by atoms with E-state index < -0.39 is 5.91 Å². The first-order valence-electron chi connectivity index (χ1n) is 13.8. The highest BCUT2D eigenvalue weighted by Gasteiger charge is 2.20. The van der Waals surface area contributed by atoms with Crippen LogP contribution in [0.15, 0.2) is 54.6 Å². The maximum absolute atomic E-state index is 12.8. The standard InChI is InChI=1S/C32H32N4O8S/c1-7-43-21-9-11-29-23(15-21)33-32(45-29)34-30(38)17-44-26-12-19(8-10-25(26)39-3)24-16-22(35-36(24)18(2)37)20-13-27(40-4)31(42-6)28(14-20)41-5/h8-16H,7,17H2,1-6H3,(H,33,34,38). The number of aromatic nitrogens is 3. The number of carbonyl (C=O) groups excluding carboxylic acids is 2. The number of benzene rings is 3. The summed E-state index contributed by atoms with van der Waals surface area (Å²) in [6, 6.07) is 16.0. The lowest BCUT2D eigenvalue weighted by Crippen LogP contribution is -2.20. The van der Waals surface area contributed by atoms with Crippen LogP contribution in [0.5, 0.6) is 34.5 Å². The molecule has 5 rings (SSSR count). The van der Waals surface area contributed by atoms with Gasteiger partial charge in [0.25, 0.3) is 5.91 Å². The minimum Gasteiger partial charge on any atom is -0.494 e. The number of carbonyl (C=O) groups is 2. The number of thiazole rings is 1. The summed E-state index contributed by atoms with van der Waals surface area (Å²) < 4.78 is 35.5. The van der Waals surface area contributed by atoms with Crippen LogP contribution >= 0.6 is 11.3 Å². The molecule has 0 fully saturated rings. The van der Waals surface area contributed by atoms with Crippen LogP contribution in [0.1, 0.15) is 18.6 Å². The van der Waals surface area contributed by atoms with E-state index in [1.807, 2.05) is 25.1 Å². The van der Waals surface area contributed by atoms with Crippen LogP contribution in [0.2, 0.25) is 0 Å². The smallest absolute Gasteiger partial charge is 0.264 e. The molecule has 2 aromatic heterocycles. The van der Waals surface area contributed by atoms with Gasteiger partial charge in [-0.3, -0.25) is 14.9 Å². The Balaban J connectivity index is 1.39. The van der Waals surface area contributed by atoms with Gasteiger partial charge in [0.15, 0.2) is 34.7 Å². The zero-order valence-corrected chi connectivity index (χ0v) is 26.4. The number of hydrogen-bond donors (Lipinski definition) is 1. The number of hydrogen-bond acceptors (Lipinski definition) is 11. The number of nitrogens with one attached hydrogen (secondary N) is 1. The van der Waals surface area contributed by atoms with Gasteiger partial charge in [0.2, 0.25) is 11.7 Å². The van der Waals surface area contributed by atoms with Crippen LogP contribution in [0.3, 0.4) is 0 Å². The van der Waals surface area contributed by atoms with Crippen molar-refractivity contribution in [3.05, 3.63) is 54.6 Å². The SMILES string of the molecule is CCOc1ccc2sc(NC(=O)COc3cc(-c4cc(-c5cc(OC)c(OC)c(OC)c5)nn4C(C)=O)ccc3OC)nc2c1. The average molecular weight is 633 g/mol. The second-order valence-corrected chi connectivity index (χ2v) is 10.6. The molecular formula is C32H32N4O8S. The van der Waals surface area contributed by atoms with Gasteiger partial charge in [-0.15, -0.1) is 0 Å². The van der Waals surface area contributed by atoms with E-state index in [1.165, 1.54) is 51.4 Å². The van der Waals surface area contributed by atoms with E-state index in [9.17, 15) is 9.59 Å². The second-order valence-electron chi connectivity index (χ2n) is 9.54. The summed E-state index contributed by atoms with van der Waals surface area (Å²) in [4.78, 5) is 30.0. The summed E-state index contributed by atoms with van der Waals surface area (Å²) in [5.74, 6) is 2.07. The van der Waals surface area contributed by atoms with Gasteiger partial charge in [0, 0.05) is 24.1 Å². The lowest BCUT2D eigenvalue weighted by Gasteiger charge is -2.13. The van der Waals surface area contributed by atoms with Gasteiger partial charge in [0.05, 0.1) is 56.7 Å². The highest BCUT2D eigenvalue weighted by Crippen LogP contribution is 2.42. The molecule has 0 saturated carbocycles. The van der Waals surface area contributed by atoms with Gasteiger partial charge in [-0.1, -0.05) is 11.3 Å². The van der Waals surface area contributed by atoms with Crippen molar-refractivity contribution in [2.75, 3.05) is 47.0 Å². The van der Waals surface area contributed by atoms with E-state index >= 15 is 0 Å². The number of methoxy groups -OCH3 is 4. The van der Waals surface area contributed by atoms with Gasteiger partial charge in [-0.05, 0) is 55.5 Å². The van der Waals surface area contributed by atoms with E-state index in [4.69, 9.17) is 28.4 Å². The van der Waals surface area contributed by atoms with Crippen LogP contribution in [0.25, 0.3) is 32.7 Å². The highest BCUT2D eigenvalue weighted by molar-refractivity contribution is 7.22. The molecule has 3 aromatic carbocycles. The molecule has 1 N–H and O–H groups in total. The van der Waals surface area contributed by atoms with Crippen molar-refractivity contribution in [1.29, 1.82) is 0 Å². The fraction of sp³-hybridized carbons (Fsp3) is 0.250. The summed E-state index contributed by atoms with van der Waals surface area (Å²) in [5, 5.41) is 7.78. The molecule has 2 heterocycles. The zero-order valence-electron chi connectivity index (χ0n) is 25.6. The van der Waals surface area contributed by atoms with Gasteiger partial charge in [0.1, 0.15) is 5.75 Å². The van der Waals surface area contributed by atoms with E-state index in [-0.39, 0.29) is 12.5 Å². The molecule has 0 radical (unpaired) electrons. The van der Waals surface area contributed by atoms with E-state index in [1.54, 1.807) is 36.4 Å². The molecule has 12 nitrogen and oxygen atoms in total. The van der Waals surface area contributed by atoms with Gasteiger partial charge >= 0.3 is 0 Å². The number of fused-ring (bicyclic) bond motifs is 1. The fourth-order valence-corrected chi connectivity index (χ4v) is 5.52. The Labute approximate surface area is 263 Å². The molecule has 0 atom stereocenters. The highest BCUT2D eigenvalue weighted by atomic mass is 32.1. The first-order chi connectivity index (χ1) is 21.8. The van der Waals surface area contributed by atoms with Crippen molar-refractivity contribution < 1.29 is 38.0 Å². The third kappa shape index (κ3) is 6.63. The Morgan fingerprint density at radius 2 is 1.53 bits per heavy atom. The van der Waals surface area contributed by atoms with Crippen LogP contribution in [0, 0.1) is 0 Å². The largest absolute Gasteiger partial charge is 0.494 e. The van der Waals surface area contributed by atoms with Crippen molar-refractivity contribution in [2.24, 2.45) is 0 Å². The van der Waals surface area contributed by atoms with Crippen molar-refractivity contribution in [3.8, 4) is 57.0 Å². The molecule has 0 spiro atoms. The predicted molar refractivity (Wildman–Crippen MR) is 171 cm³/mol. The van der Waals surface area contributed by atoms with Crippen molar-refractivity contribution in [3.63, 3.8) is 0 Å². The fourth-order valence-electron chi connectivity index (χ4n) is 4.66. The number of amides is 1. The average Bonchev–Trinajstić information content (AvgIpc) is 3.67. The molecule has 0 aliphatic carbocycles. The van der Waals surface area contributed by atoms with E-state index in [0.29, 0.717) is 68.8 Å². The molecule has 1 amide bonds. The van der Waals surface area contributed by atoms with Crippen LogP contribution in [0.4, 0.5) is 5.13 Å². The summed E-state index contributed by atoms with van der Waals surface area (Å²) in [7, 11) is 6.08. The lowest BCUT2D eigenvalue weighted by atomic mass is 10.1. The maximum Gasteiger partial charge on any atom is 0.264 e. The summed E-state index contributed by atoms with van der Waals surface area (Å²) >= 11 is 1.35. The molecule has 0 aliphatic rings. The van der Waals surface area contributed by atoms with E-state index in [2.05, 4.69) is 15.4 Å².